The van der Waals surface area contributed by atoms with Crippen molar-refractivity contribution in [1.29, 1.82) is 0 Å². The summed E-state index contributed by atoms with van der Waals surface area (Å²) in [5.74, 6) is 0.264. The molecule has 2 nitrogen and oxygen atoms in total. The summed E-state index contributed by atoms with van der Waals surface area (Å²) in [6, 6.07) is 10.9. The highest BCUT2D eigenvalue weighted by Crippen LogP contribution is 2.17. The van der Waals surface area contributed by atoms with Gasteiger partial charge in [0.2, 0.25) is 0 Å². The Bertz CT molecular complexity index is 310. The van der Waals surface area contributed by atoms with Crippen LogP contribution >= 0.6 is 0 Å². The van der Waals surface area contributed by atoms with Gasteiger partial charge in [0.25, 0.3) is 0 Å². The molecule has 0 amide bonds. The van der Waals surface area contributed by atoms with E-state index in [0.29, 0.717) is 6.04 Å². The fourth-order valence-corrected chi connectivity index (χ4v) is 2.22. The highest BCUT2D eigenvalue weighted by molar-refractivity contribution is 5.53. The fourth-order valence-electron chi connectivity index (χ4n) is 2.22. The van der Waals surface area contributed by atoms with E-state index in [2.05, 4.69) is 29.6 Å². The molecule has 1 aliphatic heterocycles. The van der Waals surface area contributed by atoms with Crippen LogP contribution in [-0.2, 0) is 11.2 Å². The van der Waals surface area contributed by atoms with Crippen molar-refractivity contribution in [3.63, 3.8) is 0 Å². The smallest absolute Gasteiger partial charge is 0.123 e. The van der Waals surface area contributed by atoms with E-state index < -0.39 is 0 Å². The standard InChI is InChI=1S/C13H17NO/c15-10-12-6-7-14-13(9-12)8-11-4-2-1-3-5-11/h1-5,10,12-14H,6-9H2. The zero-order valence-corrected chi connectivity index (χ0v) is 8.86. The van der Waals surface area contributed by atoms with Crippen LogP contribution in [-0.4, -0.2) is 18.9 Å². The van der Waals surface area contributed by atoms with Crippen LogP contribution in [0.4, 0.5) is 0 Å². The first-order valence-corrected chi connectivity index (χ1v) is 5.61. The second-order valence-electron chi connectivity index (χ2n) is 4.26. The first-order chi connectivity index (χ1) is 7.38. The Morgan fingerprint density at radius 1 is 1.33 bits per heavy atom. The van der Waals surface area contributed by atoms with Crippen molar-refractivity contribution in [2.24, 2.45) is 5.92 Å². The quantitative estimate of drug-likeness (QED) is 0.759. The fraction of sp³-hybridized carbons (Fsp3) is 0.462. The van der Waals surface area contributed by atoms with Gasteiger partial charge in [-0.2, -0.15) is 0 Å². The zero-order valence-electron chi connectivity index (χ0n) is 8.86. The SMILES string of the molecule is O=CC1CCNC(Cc2ccccc2)C1. The molecule has 1 aromatic carbocycles. The van der Waals surface area contributed by atoms with Gasteiger partial charge in [-0.25, -0.2) is 0 Å². The first-order valence-electron chi connectivity index (χ1n) is 5.61. The summed E-state index contributed by atoms with van der Waals surface area (Å²) in [6.07, 6.45) is 4.12. The number of aldehydes is 1. The van der Waals surface area contributed by atoms with Gasteiger partial charge in [-0.3, -0.25) is 0 Å². The number of hydrogen-bond donors (Lipinski definition) is 1. The van der Waals surface area contributed by atoms with Gasteiger partial charge in [0.1, 0.15) is 6.29 Å². The number of piperidine rings is 1. The lowest BCUT2D eigenvalue weighted by Gasteiger charge is -2.27. The molecule has 0 bridgehead atoms. The van der Waals surface area contributed by atoms with E-state index in [1.807, 2.05) is 6.07 Å². The first kappa shape index (κ1) is 10.4. The molecule has 2 rings (SSSR count). The van der Waals surface area contributed by atoms with Crippen molar-refractivity contribution in [2.45, 2.75) is 25.3 Å². The molecule has 2 atom stereocenters. The molecule has 1 N–H and O–H groups in total. The molecular weight excluding hydrogens is 186 g/mol. The van der Waals surface area contributed by atoms with Gasteiger partial charge in [0.05, 0.1) is 0 Å². The average Bonchev–Trinajstić information content (AvgIpc) is 2.31. The number of carbonyl (C=O) groups is 1. The predicted octanol–water partition coefficient (Wildman–Crippen LogP) is 1.80. The highest BCUT2D eigenvalue weighted by atomic mass is 16.1. The van der Waals surface area contributed by atoms with Crippen molar-refractivity contribution in [2.75, 3.05) is 6.54 Å². The average molecular weight is 203 g/mol. The van der Waals surface area contributed by atoms with Gasteiger partial charge < -0.3 is 10.1 Å². The lowest BCUT2D eigenvalue weighted by atomic mass is 9.90. The van der Waals surface area contributed by atoms with Crippen LogP contribution in [0.3, 0.4) is 0 Å². The molecule has 1 aromatic rings. The summed E-state index contributed by atoms with van der Waals surface area (Å²) in [5.41, 5.74) is 1.35. The minimum absolute atomic E-state index is 0.264. The van der Waals surface area contributed by atoms with Crippen molar-refractivity contribution in [3.8, 4) is 0 Å². The van der Waals surface area contributed by atoms with E-state index in [-0.39, 0.29) is 5.92 Å². The molecule has 80 valence electrons. The van der Waals surface area contributed by atoms with Crippen molar-refractivity contribution < 1.29 is 4.79 Å². The Morgan fingerprint density at radius 3 is 2.87 bits per heavy atom. The molecule has 0 aliphatic carbocycles. The highest BCUT2D eigenvalue weighted by Gasteiger charge is 2.20. The van der Waals surface area contributed by atoms with Crippen LogP contribution in [0.1, 0.15) is 18.4 Å². The third-order valence-electron chi connectivity index (χ3n) is 3.05. The van der Waals surface area contributed by atoms with Gasteiger partial charge in [0.15, 0.2) is 0 Å². The zero-order chi connectivity index (χ0) is 10.5. The molecule has 0 saturated carbocycles. The molecule has 2 heteroatoms. The largest absolute Gasteiger partial charge is 0.314 e. The van der Waals surface area contributed by atoms with Gasteiger partial charge in [0, 0.05) is 12.0 Å². The Labute approximate surface area is 90.7 Å². The van der Waals surface area contributed by atoms with E-state index in [9.17, 15) is 4.79 Å². The Morgan fingerprint density at radius 2 is 2.13 bits per heavy atom. The monoisotopic (exact) mass is 203 g/mol. The predicted molar refractivity (Wildman–Crippen MR) is 60.7 cm³/mol. The molecule has 1 aliphatic rings. The molecule has 2 unspecified atom stereocenters. The van der Waals surface area contributed by atoms with Crippen molar-refractivity contribution >= 4 is 6.29 Å². The lowest BCUT2D eigenvalue weighted by Crippen LogP contribution is -2.39. The van der Waals surface area contributed by atoms with Crippen molar-refractivity contribution in [1.82, 2.24) is 5.32 Å². The molecule has 1 fully saturated rings. The second kappa shape index (κ2) is 5.08. The normalized spacial score (nSPS) is 26.1. The molecule has 15 heavy (non-hydrogen) atoms. The number of rotatable bonds is 3. The van der Waals surface area contributed by atoms with Crippen LogP contribution in [0.25, 0.3) is 0 Å². The third kappa shape index (κ3) is 2.90. The van der Waals surface area contributed by atoms with Gasteiger partial charge in [-0.15, -0.1) is 0 Å². The Kier molecular flexibility index (Phi) is 3.51. The van der Waals surface area contributed by atoms with E-state index in [1.54, 1.807) is 0 Å². The Balaban J connectivity index is 1.92. The van der Waals surface area contributed by atoms with Crippen LogP contribution in [0.15, 0.2) is 30.3 Å². The minimum atomic E-state index is 0.264. The third-order valence-corrected chi connectivity index (χ3v) is 3.05. The van der Waals surface area contributed by atoms with Gasteiger partial charge >= 0.3 is 0 Å². The number of benzene rings is 1. The molecular formula is C13H17NO. The molecule has 1 saturated heterocycles. The molecule has 0 spiro atoms. The van der Waals surface area contributed by atoms with Crippen LogP contribution in [0.2, 0.25) is 0 Å². The van der Waals surface area contributed by atoms with Gasteiger partial charge in [-0.05, 0) is 31.4 Å². The maximum absolute atomic E-state index is 10.7. The maximum Gasteiger partial charge on any atom is 0.123 e. The van der Waals surface area contributed by atoms with Gasteiger partial charge in [-0.1, -0.05) is 30.3 Å². The number of nitrogens with one attached hydrogen (secondary N) is 1. The van der Waals surface area contributed by atoms with Crippen LogP contribution in [0.5, 0.6) is 0 Å². The molecule has 0 radical (unpaired) electrons. The summed E-state index contributed by atoms with van der Waals surface area (Å²) >= 11 is 0. The summed E-state index contributed by atoms with van der Waals surface area (Å²) in [4.78, 5) is 10.7. The Hall–Kier alpha value is -1.15. The van der Waals surface area contributed by atoms with Crippen molar-refractivity contribution in [3.05, 3.63) is 35.9 Å². The summed E-state index contributed by atoms with van der Waals surface area (Å²) in [7, 11) is 0. The maximum atomic E-state index is 10.7. The molecule has 1 heterocycles. The second-order valence-corrected chi connectivity index (χ2v) is 4.26. The molecule has 0 aromatic heterocycles. The lowest BCUT2D eigenvalue weighted by molar-refractivity contribution is -0.112. The number of hydrogen-bond acceptors (Lipinski definition) is 2. The summed E-state index contributed by atoms with van der Waals surface area (Å²) < 4.78 is 0. The summed E-state index contributed by atoms with van der Waals surface area (Å²) in [6.45, 7) is 0.973. The minimum Gasteiger partial charge on any atom is -0.314 e. The van der Waals surface area contributed by atoms with E-state index in [0.717, 1.165) is 32.1 Å². The van der Waals surface area contributed by atoms with E-state index in [1.165, 1.54) is 5.56 Å². The van der Waals surface area contributed by atoms with Crippen LogP contribution in [0, 0.1) is 5.92 Å². The number of carbonyl (C=O) groups excluding carboxylic acids is 1. The topological polar surface area (TPSA) is 29.1 Å². The van der Waals surface area contributed by atoms with Crippen LogP contribution < -0.4 is 5.32 Å². The van der Waals surface area contributed by atoms with E-state index in [4.69, 9.17) is 0 Å². The van der Waals surface area contributed by atoms with E-state index >= 15 is 0 Å². The summed E-state index contributed by atoms with van der Waals surface area (Å²) in [5, 5.41) is 3.47.